The van der Waals surface area contributed by atoms with Gasteiger partial charge in [0.1, 0.15) is 0 Å². The molecule has 0 saturated carbocycles. The summed E-state index contributed by atoms with van der Waals surface area (Å²) in [5, 5.41) is 6.94. The normalized spacial score (nSPS) is 24.3. The Bertz CT molecular complexity index is 543. The molecule has 1 aromatic rings. The first-order valence-corrected chi connectivity index (χ1v) is 9.09. The lowest BCUT2D eigenvalue weighted by Gasteiger charge is -2.23. The Labute approximate surface area is 121 Å². The summed E-state index contributed by atoms with van der Waals surface area (Å²) in [5.74, 6) is 0.607. The average Bonchev–Trinajstić information content (AvgIpc) is 2.60. The maximum Gasteiger partial charge on any atom is 0.175 e. The summed E-state index contributed by atoms with van der Waals surface area (Å²) in [6, 6.07) is 7.69. The van der Waals surface area contributed by atoms with Crippen LogP contribution in [0.1, 0.15) is 25.3 Å². The Hall–Kier alpha value is -0.910. The van der Waals surface area contributed by atoms with Crippen molar-refractivity contribution in [3.63, 3.8) is 0 Å². The van der Waals surface area contributed by atoms with Gasteiger partial charge in [-0.05, 0) is 43.5 Å². The third-order valence-electron chi connectivity index (χ3n) is 4.02. The minimum absolute atomic E-state index is 0.437. The largest absolute Gasteiger partial charge is 0.317 e. The van der Waals surface area contributed by atoms with Crippen molar-refractivity contribution in [3.8, 4) is 0 Å². The second-order valence-electron chi connectivity index (χ2n) is 5.67. The van der Waals surface area contributed by atoms with Crippen molar-refractivity contribution in [1.82, 2.24) is 10.6 Å². The van der Waals surface area contributed by atoms with Gasteiger partial charge in [0.25, 0.3) is 0 Å². The fraction of sp³-hybridized carbons (Fsp3) is 0.600. The Morgan fingerprint density at radius 3 is 2.70 bits per heavy atom. The van der Waals surface area contributed by atoms with Crippen molar-refractivity contribution in [3.05, 3.63) is 29.8 Å². The van der Waals surface area contributed by atoms with Gasteiger partial charge in [0.15, 0.2) is 9.84 Å². The minimum Gasteiger partial charge on any atom is -0.317 e. The van der Waals surface area contributed by atoms with E-state index in [0.29, 0.717) is 23.4 Å². The number of hydrogen-bond donors (Lipinski definition) is 2. The maximum atomic E-state index is 11.8. The minimum atomic E-state index is -3.16. The Kier molecular flexibility index (Phi) is 5.18. The number of rotatable bonds is 4. The Morgan fingerprint density at radius 2 is 1.95 bits per heavy atom. The van der Waals surface area contributed by atoms with E-state index in [1.54, 1.807) is 12.1 Å². The Balaban J connectivity index is 2.07. The fourth-order valence-electron chi connectivity index (χ4n) is 2.75. The van der Waals surface area contributed by atoms with Crippen LogP contribution in [-0.2, 0) is 16.4 Å². The van der Waals surface area contributed by atoms with E-state index in [4.69, 9.17) is 0 Å². The van der Waals surface area contributed by atoms with Gasteiger partial charge < -0.3 is 10.6 Å². The molecule has 5 heteroatoms. The van der Waals surface area contributed by atoms with Crippen LogP contribution in [0.3, 0.4) is 0 Å². The third-order valence-corrected chi connectivity index (χ3v) is 5.22. The first-order chi connectivity index (χ1) is 9.48. The van der Waals surface area contributed by atoms with E-state index >= 15 is 0 Å². The zero-order valence-electron chi connectivity index (χ0n) is 12.2. The molecule has 0 aromatic heterocycles. The van der Waals surface area contributed by atoms with E-state index in [-0.39, 0.29) is 0 Å². The van der Waals surface area contributed by atoms with E-state index in [9.17, 15) is 8.42 Å². The number of nitrogens with one attached hydrogen (secondary N) is 2. The van der Waals surface area contributed by atoms with Crippen molar-refractivity contribution in [1.29, 1.82) is 0 Å². The summed E-state index contributed by atoms with van der Waals surface area (Å²) >= 11 is 0. The van der Waals surface area contributed by atoms with E-state index in [1.165, 1.54) is 6.26 Å². The Morgan fingerprint density at radius 1 is 1.25 bits per heavy atom. The van der Waals surface area contributed by atoms with Crippen LogP contribution in [0.5, 0.6) is 0 Å². The van der Waals surface area contributed by atoms with Gasteiger partial charge in [-0.2, -0.15) is 0 Å². The summed E-state index contributed by atoms with van der Waals surface area (Å²) in [6.07, 6.45) is 3.51. The van der Waals surface area contributed by atoms with Gasteiger partial charge in [-0.3, -0.25) is 0 Å². The molecular formula is C15H24N2O2S. The van der Waals surface area contributed by atoms with Crippen molar-refractivity contribution in [2.24, 2.45) is 5.92 Å². The van der Waals surface area contributed by atoms with Crippen LogP contribution in [0.25, 0.3) is 0 Å². The number of benzene rings is 1. The lowest BCUT2D eigenvalue weighted by molar-refractivity contribution is 0.363. The van der Waals surface area contributed by atoms with Crippen molar-refractivity contribution in [2.45, 2.75) is 37.2 Å². The van der Waals surface area contributed by atoms with Crippen LogP contribution in [0.4, 0.5) is 0 Å². The van der Waals surface area contributed by atoms with Crippen LogP contribution >= 0.6 is 0 Å². The zero-order valence-corrected chi connectivity index (χ0v) is 13.0. The highest BCUT2D eigenvalue weighted by molar-refractivity contribution is 7.90. The molecule has 0 radical (unpaired) electrons. The second-order valence-corrected chi connectivity index (χ2v) is 7.66. The van der Waals surface area contributed by atoms with E-state index in [1.807, 2.05) is 12.1 Å². The monoisotopic (exact) mass is 296 g/mol. The highest BCUT2D eigenvalue weighted by Crippen LogP contribution is 2.18. The van der Waals surface area contributed by atoms with Crippen molar-refractivity contribution < 1.29 is 8.42 Å². The predicted molar refractivity (Wildman–Crippen MR) is 81.4 cm³/mol. The predicted octanol–water partition coefficient (Wildman–Crippen LogP) is 1.57. The van der Waals surface area contributed by atoms with E-state index in [2.05, 4.69) is 17.6 Å². The first-order valence-electron chi connectivity index (χ1n) is 7.20. The number of hydrogen-bond acceptors (Lipinski definition) is 4. The van der Waals surface area contributed by atoms with Crippen LogP contribution in [0, 0.1) is 5.92 Å². The lowest BCUT2D eigenvalue weighted by Crippen LogP contribution is -2.35. The molecular weight excluding hydrogens is 272 g/mol. The molecule has 4 nitrogen and oxygen atoms in total. The quantitative estimate of drug-likeness (QED) is 0.885. The van der Waals surface area contributed by atoms with Crippen LogP contribution in [0.15, 0.2) is 29.2 Å². The van der Waals surface area contributed by atoms with Gasteiger partial charge in [-0.15, -0.1) is 0 Å². The molecule has 1 saturated heterocycles. The summed E-state index contributed by atoms with van der Waals surface area (Å²) in [4.78, 5) is 0.437. The molecule has 1 aromatic carbocycles. The summed E-state index contributed by atoms with van der Waals surface area (Å²) in [7, 11) is -3.16. The highest BCUT2D eigenvalue weighted by atomic mass is 32.2. The smallest absolute Gasteiger partial charge is 0.175 e. The van der Waals surface area contributed by atoms with Gasteiger partial charge in [-0.25, -0.2) is 8.42 Å². The molecule has 0 bridgehead atoms. The molecule has 112 valence electrons. The molecule has 2 atom stereocenters. The molecule has 1 aliphatic rings. The molecule has 20 heavy (non-hydrogen) atoms. The summed E-state index contributed by atoms with van der Waals surface area (Å²) in [6.45, 7) is 4.96. The molecule has 2 N–H and O–H groups in total. The molecule has 0 amide bonds. The maximum absolute atomic E-state index is 11.8. The van der Waals surface area contributed by atoms with E-state index < -0.39 is 9.84 Å². The third kappa shape index (κ3) is 4.04. The molecule has 1 heterocycles. The molecule has 1 aliphatic heterocycles. The summed E-state index contributed by atoms with van der Waals surface area (Å²) < 4.78 is 23.6. The molecule has 2 rings (SSSR count). The number of sulfone groups is 1. The van der Waals surface area contributed by atoms with Gasteiger partial charge >= 0.3 is 0 Å². The standard InChI is InChI=1S/C15H24N2O2S/c1-12-7-9-16-10-8-14(12)17-11-13-5-3-4-6-15(13)20(2,18)19/h3-6,12,14,16-17H,7-11H2,1-2H3. The van der Waals surface area contributed by atoms with Gasteiger partial charge in [0.2, 0.25) is 0 Å². The SMILES string of the molecule is CC1CCNCCC1NCc1ccccc1S(C)(=O)=O. The fourth-order valence-corrected chi connectivity index (χ4v) is 3.70. The molecule has 2 unspecified atom stereocenters. The zero-order chi connectivity index (χ0) is 14.6. The van der Waals surface area contributed by atoms with Crippen molar-refractivity contribution >= 4 is 9.84 Å². The van der Waals surface area contributed by atoms with Crippen molar-refractivity contribution in [2.75, 3.05) is 19.3 Å². The van der Waals surface area contributed by atoms with Gasteiger partial charge in [0.05, 0.1) is 4.90 Å². The first kappa shape index (κ1) is 15.5. The average molecular weight is 296 g/mol. The van der Waals surface area contributed by atoms with Gasteiger partial charge in [-0.1, -0.05) is 25.1 Å². The summed E-state index contributed by atoms with van der Waals surface area (Å²) in [5.41, 5.74) is 0.861. The second kappa shape index (κ2) is 6.70. The molecule has 1 fully saturated rings. The molecule has 0 aliphatic carbocycles. The van der Waals surface area contributed by atoms with Crippen LogP contribution < -0.4 is 10.6 Å². The molecule has 0 spiro atoms. The topological polar surface area (TPSA) is 58.2 Å². The highest BCUT2D eigenvalue weighted by Gasteiger charge is 2.20. The van der Waals surface area contributed by atoms with E-state index in [0.717, 1.165) is 31.5 Å². The van der Waals surface area contributed by atoms with Crippen LogP contribution in [0.2, 0.25) is 0 Å². The lowest BCUT2D eigenvalue weighted by atomic mass is 9.97. The van der Waals surface area contributed by atoms with Gasteiger partial charge in [0, 0.05) is 18.8 Å². The van der Waals surface area contributed by atoms with Crippen LogP contribution in [-0.4, -0.2) is 33.8 Å².